The number of likely N-dealkylation sites (tertiary alicyclic amines) is 1. The smallest absolute Gasteiger partial charge is 0.315 e. The molecule has 0 bridgehead atoms. The van der Waals surface area contributed by atoms with Gasteiger partial charge in [-0.1, -0.05) is 38.1 Å². The van der Waals surface area contributed by atoms with Crippen molar-refractivity contribution in [3.63, 3.8) is 0 Å². The molecule has 23 heavy (non-hydrogen) atoms. The number of piperidine rings is 1. The van der Waals surface area contributed by atoms with E-state index in [-0.39, 0.29) is 19.2 Å². The number of aliphatic hydroxyl groups is 1. The van der Waals surface area contributed by atoms with Crippen LogP contribution in [0.25, 0.3) is 0 Å². The summed E-state index contributed by atoms with van der Waals surface area (Å²) in [6.45, 7) is 8.75. The first-order valence-corrected chi connectivity index (χ1v) is 8.49. The summed E-state index contributed by atoms with van der Waals surface area (Å²) in [4.78, 5) is 14.0. The van der Waals surface area contributed by atoms with Crippen LogP contribution in [0.15, 0.2) is 24.3 Å². The Balaban J connectivity index is 1.79. The van der Waals surface area contributed by atoms with Crippen molar-refractivity contribution in [2.24, 2.45) is 11.8 Å². The quantitative estimate of drug-likeness (QED) is 0.751. The van der Waals surface area contributed by atoms with Gasteiger partial charge in [0.25, 0.3) is 0 Å². The van der Waals surface area contributed by atoms with Crippen LogP contribution in [-0.2, 0) is 13.1 Å². The number of carbonyl (C=O) groups is 1. The van der Waals surface area contributed by atoms with Gasteiger partial charge in [-0.2, -0.15) is 0 Å². The van der Waals surface area contributed by atoms with E-state index in [2.05, 4.69) is 53.6 Å². The number of nitrogens with zero attached hydrogens (tertiary/aromatic N) is 1. The number of hydrogen-bond donors (Lipinski definition) is 3. The Hall–Kier alpha value is -1.59. The monoisotopic (exact) mass is 319 g/mol. The average Bonchev–Trinajstić information content (AvgIpc) is 2.51. The van der Waals surface area contributed by atoms with Crippen molar-refractivity contribution in [2.75, 3.05) is 26.2 Å². The summed E-state index contributed by atoms with van der Waals surface area (Å²) in [7, 11) is 0. The molecule has 2 amide bonds. The second kappa shape index (κ2) is 8.89. The molecule has 0 saturated carbocycles. The van der Waals surface area contributed by atoms with E-state index in [0.29, 0.717) is 6.54 Å². The maximum Gasteiger partial charge on any atom is 0.315 e. The van der Waals surface area contributed by atoms with Gasteiger partial charge in [-0.15, -0.1) is 0 Å². The highest BCUT2D eigenvalue weighted by Gasteiger charge is 2.21. The number of aliphatic hydroxyl groups excluding tert-OH is 1. The lowest BCUT2D eigenvalue weighted by Crippen LogP contribution is -2.38. The van der Waals surface area contributed by atoms with Gasteiger partial charge in [0, 0.05) is 32.7 Å². The number of benzene rings is 1. The number of nitrogens with one attached hydrogen (secondary N) is 2. The molecule has 128 valence electrons. The van der Waals surface area contributed by atoms with E-state index < -0.39 is 0 Å². The van der Waals surface area contributed by atoms with Gasteiger partial charge >= 0.3 is 6.03 Å². The number of hydrogen-bond acceptors (Lipinski definition) is 3. The number of rotatable bonds is 6. The van der Waals surface area contributed by atoms with Crippen LogP contribution in [0.4, 0.5) is 4.79 Å². The van der Waals surface area contributed by atoms with Crippen molar-refractivity contribution in [3.05, 3.63) is 35.4 Å². The summed E-state index contributed by atoms with van der Waals surface area (Å²) in [6, 6.07) is 8.18. The van der Waals surface area contributed by atoms with Crippen molar-refractivity contribution < 1.29 is 9.90 Å². The van der Waals surface area contributed by atoms with Crippen LogP contribution in [0.5, 0.6) is 0 Å². The third kappa shape index (κ3) is 6.20. The maximum atomic E-state index is 11.4. The fourth-order valence-electron chi connectivity index (χ4n) is 3.36. The minimum Gasteiger partial charge on any atom is -0.395 e. The molecule has 1 aromatic carbocycles. The standard InChI is InChI=1S/C18H29N3O2/c1-14-9-15(2)12-21(11-14)13-17-5-3-16(4-6-17)10-20-18(23)19-7-8-22/h3-6,14-15,22H,7-13H2,1-2H3,(H2,19,20,23). The molecule has 5 heteroatoms. The fraction of sp³-hybridized carbons (Fsp3) is 0.611. The second-order valence-corrected chi connectivity index (χ2v) is 6.79. The lowest BCUT2D eigenvalue weighted by atomic mass is 9.91. The van der Waals surface area contributed by atoms with Crippen molar-refractivity contribution >= 4 is 6.03 Å². The predicted octanol–water partition coefficient (Wildman–Crippen LogP) is 1.96. The van der Waals surface area contributed by atoms with E-state index in [1.54, 1.807) is 0 Å². The van der Waals surface area contributed by atoms with Crippen molar-refractivity contribution in [2.45, 2.75) is 33.4 Å². The topological polar surface area (TPSA) is 64.6 Å². The Morgan fingerprint density at radius 2 is 1.74 bits per heavy atom. The predicted molar refractivity (Wildman–Crippen MR) is 92.0 cm³/mol. The van der Waals surface area contributed by atoms with E-state index >= 15 is 0 Å². The van der Waals surface area contributed by atoms with Crippen molar-refractivity contribution in [1.82, 2.24) is 15.5 Å². The highest BCUT2D eigenvalue weighted by atomic mass is 16.3. The largest absolute Gasteiger partial charge is 0.395 e. The molecule has 2 rings (SSSR count). The molecule has 1 saturated heterocycles. The zero-order valence-corrected chi connectivity index (χ0v) is 14.2. The van der Waals surface area contributed by atoms with Gasteiger partial charge < -0.3 is 15.7 Å². The zero-order valence-electron chi connectivity index (χ0n) is 14.2. The van der Waals surface area contributed by atoms with Crippen molar-refractivity contribution in [1.29, 1.82) is 0 Å². The summed E-state index contributed by atoms with van der Waals surface area (Å²) in [5.41, 5.74) is 2.40. The van der Waals surface area contributed by atoms with Crippen LogP contribution in [0.1, 0.15) is 31.4 Å². The van der Waals surface area contributed by atoms with E-state index in [1.165, 1.54) is 25.1 Å². The first kappa shape index (κ1) is 17.8. The summed E-state index contributed by atoms with van der Waals surface area (Å²) in [5, 5.41) is 14.0. The zero-order chi connectivity index (χ0) is 16.7. The molecule has 1 aliphatic rings. The van der Waals surface area contributed by atoms with E-state index in [1.807, 2.05) is 0 Å². The highest BCUT2D eigenvalue weighted by molar-refractivity contribution is 5.73. The molecule has 1 aliphatic heterocycles. The molecule has 2 unspecified atom stereocenters. The summed E-state index contributed by atoms with van der Waals surface area (Å²) in [5.74, 6) is 1.55. The van der Waals surface area contributed by atoms with Crippen LogP contribution in [0, 0.1) is 11.8 Å². The first-order valence-electron chi connectivity index (χ1n) is 8.49. The van der Waals surface area contributed by atoms with Gasteiger partial charge in [-0.3, -0.25) is 4.90 Å². The Kier molecular flexibility index (Phi) is 6.86. The molecule has 0 radical (unpaired) electrons. The Labute approximate surface area is 139 Å². The lowest BCUT2D eigenvalue weighted by Gasteiger charge is -2.35. The molecule has 0 aromatic heterocycles. The van der Waals surface area contributed by atoms with Crippen LogP contribution >= 0.6 is 0 Å². The third-order valence-corrected chi connectivity index (χ3v) is 4.22. The summed E-state index contributed by atoms with van der Waals surface area (Å²) < 4.78 is 0. The minimum absolute atomic E-state index is 0.0458. The van der Waals surface area contributed by atoms with Crippen LogP contribution < -0.4 is 10.6 Å². The van der Waals surface area contributed by atoms with Gasteiger partial charge in [0.15, 0.2) is 0 Å². The number of urea groups is 1. The van der Waals surface area contributed by atoms with Gasteiger partial charge in [-0.05, 0) is 29.4 Å². The average molecular weight is 319 g/mol. The molecule has 1 fully saturated rings. The molecule has 2 atom stereocenters. The van der Waals surface area contributed by atoms with Gasteiger partial charge in [-0.25, -0.2) is 4.79 Å². The SMILES string of the molecule is CC1CC(C)CN(Cc2ccc(CNC(=O)NCCO)cc2)C1. The van der Waals surface area contributed by atoms with Gasteiger partial charge in [0.05, 0.1) is 6.61 Å². The fourth-order valence-corrected chi connectivity index (χ4v) is 3.36. The maximum absolute atomic E-state index is 11.4. The minimum atomic E-state index is -0.251. The number of carbonyl (C=O) groups excluding carboxylic acids is 1. The summed E-state index contributed by atoms with van der Waals surface area (Å²) in [6.07, 6.45) is 1.33. The Morgan fingerprint density at radius 1 is 1.13 bits per heavy atom. The van der Waals surface area contributed by atoms with Crippen LogP contribution in [0.2, 0.25) is 0 Å². The third-order valence-electron chi connectivity index (χ3n) is 4.22. The van der Waals surface area contributed by atoms with E-state index in [9.17, 15) is 4.79 Å². The van der Waals surface area contributed by atoms with E-state index in [4.69, 9.17) is 5.11 Å². The second-order valence-electron chi connectivity index (χ2n) is 6.79. The molecule has 0 spiro atoms. The summed E-state index contributed by atoms with van der Waals surface area (Å²) >= 11 is 0. The number of amides is 2. The molecule has 1 heterocycles. The molecular formula is C18H29N3O2. The normalized spacial score (nSPS) is 21.9. The molecule has 1 aromatic rings. The van der Waals surface area contributed by atoms with Gasteiger partial charge in [0.1, 0.15) is 0 Å². The van der Waals surface area contributed by atoms with E-state index in [0.717, 1.165) is 23.9 Å². The first-order chi connectivity index (χ1) is 11.1. The molecular weight excluding hydrogens is 290 g/mol. The van der Waals surface area contributed by atoms with Gasteiger partial charge in [0.2, 0.25) is 0 Å². The van der Waals surface area contributed by atoms with Crippen LogP contribution in [0.3, 0.4) is 0 Å². The molecule has 3 N–H and O–H groups in total. The highest BCUT2D eigenvalue weighted by Crippen LogP contribution is 2.22. The molecule has 5 nitrogen and oxygen atoms in total. The Morgan fingerprint density at radius 3 is 2.35 bits per heavy atom. The Bertz CT molecular complexity index is 480. The molecule has 0 aliphatic carbocycles. The lowest BCUT2D eigenvalue weighted by molar-refractivity contribution is 0.134. The van der Waals surface area contributed by atoms with Crippen molar-refractivity contribution in [3.8, 4) is 0 Å². The van der Waals surface area contributed by atoms with Crippen LogP contribution in [-0.4, -0.2) is 42.3 Å².